The maximum atomic E-state index is 12.7. The van der Waals surface area contributed by atoms with Crippen LogP contribution < -0.4 is 5.32 Å². The van der Waals surface area contributed by atoms with Crippen molar-refractivity contribution in [1.82, 2.24) is 15.2 Å². The number of nitriles is 1. The van der Waals surface area contributed by atoms with Gasteiger partial charge in [-0.05, 0) is 29.8 Å². The highest BCUT2D eigenvalue weighted by molar-refractivity contribution is 7.99. The topological polar surface area (TPSA) is 99.2 Å². The number of hydrogen-bond acceptors (Lipinski definition) is 6. The van der Waals surface area contributed by atoms with Crippen molar-refractivity contribution in [2.24, 2.45) is 0 Å². The number of carbonyl (C=O) groups is 2. The van der Waals surface area contributed by atoms with Crippen LogP contribution in [0.1, 0.15) is 10.4 Å². The molecular weight excluding hydrogens is 376 g/mol. The molecule has 0 bridgehead atoms. The molecule has 28 heavy (non-hydrogen) atoms. The molecule has 1 aliphatic heterocycles. The van der Waals surface area contributed by atoms with Crippen LogP contribution in [0, 0.1) is 11.3 Å². The number of hydrogen-bond donors (Lipinski definition) is 1. The predicted octanol–water partition coefficient (Wildman–Crippen LogP) is 2.65. The molecule has 3 heterocycles. The van der Waals surface area contributed by atoms with Gasteiger partial charge in [-0.2, -0.15) is 5.26 Å². The normalized spacial score (nSPS) is 16.1. The Morgan fingerprint density at radius 2 is 2.21 bits per heavy atom. The van der Waals surface area contributed by atoms with E-state index in [0.717, 1.165) is 11.1 Å². The first kappa shape index (κ1) is 18.1. The Kier molecular flexibility index (Phi) is 5.00. The SMILES string of the molecule is N#C[C@@H]1CSCN1C(=O)CNC(=O)c1ccnc2ccc(-c3ccoc3)cc12. The van der Waals surface area contributed by atoms with Gasteiger partial charge in [-0.15, -0.1) is 11.8 Å². The second-order valence-electron chi connectivity index (χ2n) is 6.29. The first-order chi connectivity index (χ1) is 13.7. The average molecular weight is 392 g/mol. The van der Waals surface area contributed by atoms with E-state index in [0.29, 0.717) is 28.1 Å². The summed E-state index contributed by atoms with van der Waals surface area (Å²) in [4.78, 5) is 30.9. The predicted molar refractivity (Wildman–Crippen MR) is 105 cm³/mol. The number of nitrogens with one attached hydrogen (secondary N) is 1. The molecule has 1 aromatic carbocycles. The Morgan fingerprint density at radius 1 is 1.32 bits per heavy atom. The first-order valence-electron chi connectivity index (χ1n) is 8.64. The number of aromatic nitrogens is 1. The summed E-state index contributed by atoms with van der Waals surface area (Å²) in [5.41, 5.74) is 2.94. The minimum absolute atomic E-state index is 0.150. The van der Waals surface area contributed by atoms with E-state index < -0.39 is 6.04 Å². The highest BCUT2D eigenvalue weighted by Crippen LogP contribution is 2.26. The quantitative estimate of drug-likeness (QED) is 0.733. The summed E-state index contributed by atoms with van der Waals surface area (Å²) < 4.78 is 5.13. The number of pyridine rings is 1. The molecule has 1 aliphatic rings. The maximum absolute atomic E-state index is 12.7. The summed E-state index contributed by atoms with van der Waals surface area (Å²) in [6, 6.07) is 10.8. The third-order valence-corrected chi connectivity index (χ3v) is 5.60. The molecule has 1 saturated heterocycles. The van der Waals surface area contributed by atoms with Crippen molar-refractivity contribution in [3.8, 4) is 17.2 Å². The van der Waals surface area contributed by atoms with Crippen molar-refractivity contribution >= 4 is 34.5 Å². The van der Waals surface area contributed by atoms with E-state index in [2.05, 4.69) is 16.4 Å². The van der Waals surface area contributed by atoms with Crippen molar-refractivity contribution in [3.05, 3.63) is 54.6 Å². The van der Waals surface area contributed by atoms with Crippen LogP contribution in [0.2, 0.25) is 0 Å². The molecule has 8 heteroatoms. The molecule has 0 unspecified atom stereocenters. The number of carbonyl (C=O) groups excluding carboxylic acids is 2. The lowest BCUT2D eigenvalue weighted by Crippen LogP contribution is -2.42. The first-order valence-corrected chi connectivity index (χ1v) is 9.79. The summed E-state index contributed by atoms with van der Waals surface area (Å²) in [5, 5.41) is 12.5. The van der Waals surface area contributed by atoms with Crippen molar-refractivity contribution < 1.29 is 14.0 Å². The largest absolute Gasteiger partial charge is 0.472 e. The Hall–Kier alpha value is -3.31. The van der Waals surface area contributed by atoms with Gasteiger partial charge in [0.25, 0.3) is 5.91 Å². The Balaban J connectivity index is 1.55. The third kappa shape index (κ3) is 3.44. The maximum Gasteiger partial charge on any atom is 0.252 e. The fourth-order valence-corrected chi connectivity index (χ4v) is 4.20. The van der Waals surface area contributed by atoms with Crippen LogP contribution >= 0.6 is 11.8 Å². The van der Waals surface area contributed by atoms with Crippen molar-refractivity contribution in [1.29, 1.82) is 5.26 Å². The summed E-state index contributed by atoms with van der Waals surface area (Å²) in [6.45, 7) is -0.150. The summed E-state index contributed by atoms with van der Waals surface area (Å²) in [7, 11) is 0. The van der Waals surface area contributed by atoms with Gasteiger partial charge in [-0.3, -0.25) is 14.6 Å². The zero-order chi connectivity index (χ0) is 19.5. The van der Waals surface area contributed by atoms with Gasteiger partial charge in [-0.25, -0.2) is 0 Å². The minimum Gasteiger partial charge on any atom is -0.472 e. The summed E-state index contributed by atoms with van der Waals surface area (Å²) >= 11 is 1.53. The van der Waals surface area contributed by atoms with Gasteiger partial charge >= 0.3 is 0 Å². The molecule has 7 nitrogen and oxygen atoms in total. The number of furan rings is 1. The van der Waals surface area contributed by atoms with E-state index >= 15 is 0 Å². The van der Waals surface area contributed by atoms with Gasteiger partial charge < -0.3 is 14.6 Å². The van der Waals surface area contributed by atoms with Crippen LogP contribution in [0.15, 0.2) is 53.5 Å². The van der Waals surface area contributed by atoms with E-state index in [1.807, 2.05) is 24.3 Å². The van der Waals surface area contributed by atoms with Crippen LogP contribution in [0.25, 0.3) is 22.0 Å². The van der Waals surface area contributed by atoms with Crippen LogP contribution in [0.3, 0.4) is 0 Å². The summed E-state index contributed by atoms with van der Waals surface area (Å²) in [6.07, 6.45) is 4.79. The van der Waals surface area contributed by atoms with Gasteiger partial charge in [0.15, 0.2) is 0 Å². The molecule has 4 rings (SSSR count). The highest BCUT2D eigenvalue weighted by Gasteiger charge is 2.29. The zero-order valence-corrected chi connectivity index (χ0v) is 15.6. The van der Waals surface area contributed by atoms with Gasteiger partial charge in [0, 0.05) is 22.9 Å². The fraction of sp³-hybridized carbons (Fsp3) is 0.200. The molecule has 0 aliphatic carbocycles. The number of thioether (sulfide) groups is 1. The summed E-state index contributed by atoms with van der Waals surface area (Å²) in [5.74, 6) is 0.453. The monoisotopic (exact) mass is 392 g/mol. The Morgan fingerprint density at radius 3 is 3.00 bits per heavy atom. The van der Waals surface area contributed by atoms with Crippen LogP contribution in [-0.2, 0) is 4.79 Å². The Bertz CT molecular complexity index is 1070. The second-order valence-corrected chi connectivity index (χ2v) is 7.29. The van der Waals surface area contributed by atoms with Crippen LogP contribution in [0.4, 0.5) is 0 Å². The van der Waals surface area contributed by atoms with Crippen LogP contribution in [0.5, 0.6) is 0 Å². The number of benzene rings is 1. The van der Waals surface area contributed by atoms with Gasteiger partial charge in [0.2, 0.25) is 5.91 Å². The van der Waals surface area contributed by atoms with Gasteiger partial charge in [0.05, 0.1) is 42.1 Å². The van der Waals surface area contributed by atoms with E-state index in [1.165, 1.54) is 16.7 Å². The molecule has 1 atom stereocenters. The molecule has 1 N–H and O–H groups in total. The molecule has 0 spiro atoms. The molecule has 0 saturated carbocycles. The zero-order valence-electron chi connectivity index (χ0n) is 14.8. The third-order valence-electron chi connectivity index (χ3n) is 4.59. The smallest absolute Gasteiger partial charge is 0.252 e. The van der Waals surface area contributed by atoms with E-state index in [-0.39, 0.29) is 18.4 Å². The average Bonchev–Trinajstić information content (AvgIpc) is 3.42. The molecule has 2 amide bonds. The van der Waals surface area contributed by atoms with E-state index in [1.54, 1.807) is 24.8 Å². The van der Waals surface area contributed by atoms with E-state index in [9.17, 15) is 9.59 Å². The fourth-order valence-electron chi connectivity index (χ4n) is 3.10. The van der Waals surface area contributed by atoms with E-state index in [4.69, 9.17) is 9.68 Å². The standard InChI is InChI=1S/C20H16N4O3S/c21-8-15-11-28-12-24(15)19(25)9-23-20(26)16-3-5-22-18-2-1-13(7-17(16)18)14-4-6-27-10-14/h1-7,10,15H,9,11-12H2,(H,23,26)/t15-/m1/s1. The van der Waals surface area contributed by atoms with Crippen molar-refractivity contribution in [2.45, 2.75) is 6.04 Å². The number of rotatable bonds is 4. The van der Waals surface area contributed by atoms with Gasteiger partial charge in [-0.1, -0.05) is 6.07 Å². The van der Waals surface area contributed by atoms with Crippen molar-refractivity contribution in [3.63, 3.8) is 0 Å². The lowest BCUT2D eigenvalue weighted by molar-refractivity contribution is -0.129. The molecule has 1 fully saturated rings. The lowest BCUT2D eigenvalue weighted by Gasteiger charge is -2.18. The molecule has 3 aromatic rings. The molecule has 0 radical (unpaired) electrons. The molecular formula is C20H16N4O3S. The minimum atomic E-state index is -0.436. The van der Waals surface area contributed by atoms with Gasteiger partial charge in [0.1, 0.15) is 6.04 Å². The molecule has 140 valence electrons. The number of amides is 2. The second kappa shape index (κ2) is 7.74. The Labute approximate surface area is 165 Å². The molecule has 2 aromatic heterocycles. The highest BCUT2D eigenvalue weighted by atomic mass is 32.2. The van der Waals surface area contributed by atoms with Crippen molar-refractivity contribution in [2.75, 3.05) is 18.2 Å². The number of nitrogens with zero attached hydrogens (tertiary/aromatic N) is 3. The van der Waals surface area contributed by atoms with Crippen LogP contribution in [-0.4, -0.2) is 45.9 Å². The number of fused-ring (bicyclic) bond motifs is 1. The lowest BCUT2D eigenvalue weighted by atomic mass is 10.0.